The Morgan fingerprint density at radius 2 is 2.25 bits per heavy atom. The van der Waals surface area contributed by atoms with Crippen LogP contribution in [0, 0.1) is 5.41 Å². The van der Waals surface area contributed by atoms with Crippen LogP contribution < -0.4 is 0 Å². The summed E-state index contributed by atoms with van der Waals surface area (Å²) in [6, 6.07) is 0. The molecule has 2 aliphatic carbocycles. The van der Waals surface area contributed by atoms with Gasteiger partial charge in [-0.05, 0) is 25.3 Å². The van der Waals surface area contributed by atoms with Gasteiger partial charge in [-0.2, -0.15) is 0 Å². The molecule has 0 heterocycles. The van der Waals surface area contributed by atoms with Gasteiger partial charge in [0, 0.05) is 0 Å². The molecule has 1 saturated carbocycles. The lowest BCUT2D eigenvalue weighted by Gasteiger charge is -2.22. The quantitative estimate of drug-likeness (QED) is 0.497. The summed E-state index contributed by atoms with van der Waals surface area (Å²) in [6.07, 6.45) is 10.3. The highest BCUT2D eigenvalue weighted by molar-refractivity contribution is 5.98. The molecule has 0 saturated heterocycles. The molecule has 1 atom stereocenters. The maximum absolute atomic E-state index is 11.6. The van der Waals surface area contributed by atoms with E-state index in [9.17, 15) is 4.79 Å². The molecule has 1 spiro atoms. The standard InChI is InChI=1S/C11H12O/c1-9-5-7-11(8-9)6-3-2-4-10(11)12/h2-4,6H,1,5,7-8H2/t11-/m1/s1. The molecule has 0 bridgehead atoms. The van der Waals surface area contributed by atoms with E-state index < -0.39 is 0 Å². The van der Waals surface area contributed by atoms with Crippen molar-refractivity contribution in [2.45, 2.75) is 19.3 Å². The molecule has 0 amide bonds. The Labute approximate surface area is 72.5 Å². The average molecular weight is 160 g/mol. The highest BCUT2D eigenvalue weighted by Crippen LogP contribution is 2.44. The van der Waals surface area contributed by atoms with E-state index in [1.807, 2.05) is 18.2 Å². The lowest BCUT2D eigenvalue weighted by molar-refractivity contribution is -0.121. The van der Waals surface area contributed by atoms with Gasteiger partial charge in [0.05, 0.1) is 5.41 Å². The van der Waals surface area contributed by atoms with Crippen LogP contribution in [0.2, 0.25) is 0 Å². The fourth-order valence-corrected chi connectivity index (χ4v) is 2.01. The van der Waals surface area contributed by atoms with Crippen molar-refractivity contribution in [3.05, 3.63) is 36.5 Å². The van der Waals surface area contributed by atoms with Crippen LogP contribution in [-0.4, -0.2) is 5.78 Å². The van der Waals surface area contributed by atoms with Crippen molar-refractivity contribution in [1.29, 1.82) is 0 Å². The molecule has 1 heteroatoms. The summed E-state index contributed by atoms with van der Waals surface area (Å²) in [5.41, 5.74) is 1.01. The predicted octanol–water partition coefficient (Wildman–Crippen LogP) is 2.41. The molecule has 12 heavy (non-hydrogen) atoms. The van der Waals surface area contributed by atoms with Gasteiger partial charge in [0.25, 0.3) is 0 Å². The van der Waals surface area contributed by atoms with E-state index in [4.69, 9.17) is 0 Å². The fraction of sp³-hybridized carbons (Fsp3) is 0.364. The molecule has 0 aromatic heterocycles. The molecule has 0 unspecified atom stereocenters. The van der Waals surface area contributed by atoms with Crippen LogP contribution in [-0.2, 0) is 4.79 Å². The number of allylic oxidation sites excluding steroid dienone is 5. The first kappa shape index (κ1) is 7.53. The van der Waals surface area contributed by atoms with Gasteiger partial charge < -0.3 is 0 Å². The van der Waals surface area contributed by atoms with Crippen LogP contribution in [0.5, 0.6) is 0 Å². The number of hydrogen-bond acceptors (Lipinski definition) is 1. The number of carbonyl (C=O) groups is 1. The molecule has 0 N–H and O–H groups in total. The molecule has 1 nitrogen and oxygen atoms in total. The van der Waals surface area contributed by atoms with Gasteiger partial charge in [0.2, 0.25) is 0 Å². The summed E-state index contributed by atoms with van der Waals surface area (Å²) in [4.78, 5) is 11.6. The molecular weight excluding hydrogens is 148 g/mol. The Balaban J connectivity index is 2.32. The lowest BCUT2D eigenvalue weighted by Crippen LogP contribution is -2.25. The zero-order chi connectivity index (χ0) is 8.60. The molecule has 62 valence electrons. The second-order valence-electron chi connectivity index (χ2n) is 3.67. The number of hydrogen-bond donors (Lipinski definition) is 0. The minimum Gasteiger partial charge on any atom is -0.294 e. The van der Waals surface area contributed by atoms with Gasteiger partial charge in [-0.15, -0.1) is 0 Å². The largest absolute Gasteiger partial charge is 0.294 e. The third kappa shape index (κ3) is 0.970. The SMILES string of the molecule is C=C1CC[C@]2(C=CC=CC2=O)C1. The number of rotatable bonds is 0. The monoisotopic (exact) mass is 160 g/mol. The fourth-order valence-electron chi connectivity index (χ4n) is 2.01. The highest BCUT2D eigenvalue weighted by atomic mass is 16.1. The van der Waals surface area contributed by atoms with Gasteiger partial charge in [-0.25, -0.2) is 0 Å². The summed E-state index contributed by atoms with van der Waals surface area (Å²) in [5.74, 6) is 0.253. The van der Waals surface area contributed by atoms with Gasteiger partial charge in [0.1, 0.15) is 0 Å². The maximum atomic E-state index is 11.6. The lowest BCUT2D eigenvalue weighted by atomic mass is 9.79. The Morgan fingerprint density at radius 1 is 1.42 bits per heavy atom. The van der Waals surface area contributed by atoms with Gasteiger partial charge in [-0.1, -0.05) is 30.4 Å². The van der Waals surface area contributed by atoms with Crippen molar-refractivity contribution >= 4 is 5.78 Å². The molecule has 1 fully saturated rings. The van der Waals surface area contributed by atoms with Crippen LogP contribution in [0.1, 0.15) is 19.3 Å². The summed E-state index contributed by atoms with van der Waals surface area (Å²) in [6.45, 7) is 3.93. The van der Waals surface area contributed by atoms with E-state index in [1.54, 1.807) is 6.08 Å². The minimum atomic E-state index is -0.203. The Kier molecular flexibility index (Phi) is 1.53. The second kappa shape index (κ2) is 2.44. The van der Waals surface area contributed by atoms with E-state index in [2.05, 4.69) is 6.58 Å². The van der Waals surface area contributed by atoms with E-state index in [-0.39, 0.29) is 11.2 Å². The van der Waals surface area contributed by atoms with Crippen LogP contribution in [0.3, 0.4) is 0 Å². The van der Waals surface area contributed by atoms with Crippen LogP contribution >= 0.6 is 0 Å². The zero-order valence-corrected chi connectivity index (χ0v) is 7.05. The van der Waals surface area contributed by atoms with E-state index in [0.29, 0.717) is 0 Å². The second-order valence-corrected chi connectivity index (χ2v) is 3.67. The Bertz CT molecular complexity index is 296. The maximum Gasteiger partial charge on any atom is 0.165 e. The van der Waals surface area contributed by atoms with Crippen LogP contribution in [0.25, 0.3) is 0 Å². The highest BCUT2D eigenvalue weighted by Gasteiger charge is 2.39. The normalized spacial score (nSPS) is 33.7. The predicted molar refractivity (Wildman–Crippen MR) is 48.7 cm³/mol. The number of carbonyl (C=O) groups excluding carboxylic acids is 1. The first-order chi connectivity index (χ1) is 5.73. The Morgan fingerprint density at radius 3 is 2.83 bits per heavy atom. The van der Waals surface area contributed by atoms with E-state index >= 15 is 0 Å². The third-order valence-electron chi connectivity index (χ3n) is 2.75. The summed E-state index contributed by atoms with van der Waals surface area (Å²) in [5, 5.41) is 0. The first-order valence-corrected chi connectivity index (χ1v) is 4.30. The van der Waals surface area contributed by atoms with Gasteiger partial charge in [-0.3, -0.25) is 4.79 Å². The van der Waals surface area contributed by atoms with Gasteiger partial charge in [0.15, 0.2) is 5.78 Å². The van der Waals surface area contributed by atoms with E-state index in [0.717, 1.165) is 19.3 Å². The molecule has 0 aromatic carbocycles. The summed E-state index contributed by atoms with van der Waals surface area (Å²) in [7, 11) is 0. The molecule has 0 radical (unpaired) electrons. The smallest absolute Gasteiger partial charge is 0.165 e. The topological polar surface area (TPSA) is 17.1 Å². The van der Waals surface area contributed by atoms with Crippen molar-refractivity contribution < 1.29 is 4.79 Å². The van der Waals surface area contributed by atoms with Crippen molar-refractivity contribution in [2.75, 3.05) is 0 Å². The summed E-state index contributed by atoms with van der Waals surface area (Å²) >= 11 is 0. The number of ketones is 1. The van der Waals surface area contributed by atoms with Crippen molar-refractivity contribution in [1.82, 2.24) is 0 Å². The van der Waals surface area contributed by atoms with Crippen LogP contribution in [0.15, 0.2) is 36.5 Å². The van der Waals surface area contributed by atoms with E-state index in [1.165, 1.54) is 5.57 Å². The molecule has 2 aliphatic rings. The van der Waals surface area contributed by atoms with Crippen molar-refractivity contribution in [2.24, 2.45) is 5.41 Å². The molecular formula is C11H12O. The van der Waals surface area contributed by atoms with Gasteiger partial charge >= 0.3 is 0 Å². The molecule has 2 rings (SSSR count). The third-order valence-corrected chi connectivity index (χ3v) is 2.75. The minimum absolute atomic E-state index is 0.203. The van der Waals surface area contributed by atoms with Crippen molar-refractivity contribution in [3.63, 3.8) is 0 Å². The summed E-state index contributed by atoms with van der Waals surface area (Å²) < 4.78 is 0. The zero-order valence-electron chi connectivity index (χ0n) is 7.05. The van der Waals surface area contributed by atoms with Crippen molar-refractivity contribution in [3.8, 4) is 0 Å². The Hall–Kier alpha value is -1.11. The average Bonchev–Trinajstić information content (AvgIpc) is 2.41. The molecule has 0 aromatic rings. The first-order valence-electron chi connectivity index (χ1n) is 4.30. The molecule has 0 aliphatic heterocycles. The van der Waals surface area contributed by atoms with Crippen LogP contribution in [0.4, 0.5) is 0 Å².